The van der Waals surface area contributed by atoms with Crippen molar-refractivity contribution in [3.63, 3.8) is 0 Å². The van der Waals surface area contributed by atoms with Crippen LogP contribution in [0.25, 0.3) is 11.0 Å². The first kappa shape index (κ1) is 23.5. The highest BCUT2D eigenvalue weighted by molar-refractivity contribution is 5.80. The Kier molecular flexibility index (Phi) is 6.68. The van der Waals surface area contributed by atoms with Crippen molar-refractivity contribution in [1.82, 2.24) is 14.3 Å². The minimum absolute atomic E-state index is 0.0585. The molecule has 0 unspecified atom stereocenters. The van der Waals surface area contributed by atoms with Gasteiger partial charge in [-0.2, -0.15) is 0 Å². The van der Waals surface area contributed by atoms with Crippen molar-refractivity contribution in [2.75, 3.05) is 6.61 Å². The van der Waals surface area contributed by atoms with Gasteiger partial charge in [-0.1, -0.05) is 5.16 Å². The second-order valence-electron chi connectivity index (χ2n) is 6.69. The monoisotopic (exact) mass is 461 g/mol. The van der Waals surface area contributed by atoms with Crippen LogP contribution in [-0.2, 0) is 11.3 Å². The lowest BCUT2D eigenvalue weighted by molar-refractivity contribution is -0.274. The van der Waals surface area contributed by atoms with E-state index in [1.807, 2.05) is 0 Å². The summed E-state index contributed by atoms with van der Waals surface area (Å²) in [5.74, 6) is -0.538. The van der Waals surface area contributed by atoms with Crippen LogP contribution in [0, 0.1) is 0 Å². The van der Waals surface area contributed by atoms with Crippen LogP contribution >= 0.6 is 0 Å². The molecular formula is C18H18F3N3O8. The lowest BCUT2D eigenvalue weighted by atomic mass is 10.2. The Labute approximate surface area is 176 Å². The molecule has 0 bridgehead atoms. The Hall–Kier alpha value is -3.20. The number of fused-ring (bicyclic) bond motifs is 1. The zero-order chi connectivity index (χ0) is 23.6. The second-order valence-corrected chi connectivity index (χ2v) is 6.69. The summed E-state index contributed by atoms with van der Waals surface area (Å²) in [6.45, 7) is 0.226. The molecule has 3 aromatic rings. The fraction of sp³-hybridized carbons (Fsp3) is 0.389. The van der Waals surface area contributed by atoms with Gasteiger partial charge < -0.3 is 29.3 Å². The number of hydrogen-bond acceptors (Lipinski definition) is 9. The van der Waals surface area contributed by atoms with E-state index in [1.54, 1.807) is 0 Å². The van der Waals surface area contributed by atoms with Crippen LogP contribution in [0.1, 0.15) is 19.0 Å². The first-order valence-electron chi connectivity index (χ1n) is 9.08. The molecule has 0 radical (unpaired) electrons. The molecule has 2 aromatic heterocycles. The molecule has 0 spiro atoms. The Morgan fingerprint density at radius 3 is 2.56 bits per heavy atom. The summed E-state index contributed by atoms with van der Waals surface area (Å²) in [5.41, 5.74) is -1.79. The van der Waals surface area contributed by atoms with Gasteiger partial charge in [-0.3, -0.25) is 13.9 Å². The van der Waals surface area contributed by atoms with E-state index < -0.39 is 55.1 Å². The summed E-state index contributed by atoms with van der Waals surface area (Å²) < 4.78 is 52.3. The van der Waals surface area contributed by atoms with Crippen LogP contribution in [0.5, 0.6) is 5.75 Å². The fourth-order valence-corrected chi connectivity index (χ4v) is 2.81. The quantitative estimate of drug-likeness (QED) is 0.403. The first-order valence-corrected chi connectivity index (χ1v) is 9.08. The topological polar surface area (TPSA) is 149 Å². The number of nitrogens with zero attached hydrogens (tertiary/aromatic N) is 3. The molecule has 3 rings (SSSR count). The molecule has 0 saturated carbocycles. The third-order valence-electron chi connectivity index (χ3n) is 4.41. The van der Waals surface area contributed by atoms with E-state index in [-0.39, 0.29) is 16.7 Å². The Morgan fingerprint density at radius 2 is 1.94 bits per heavy atom. The predicted molar refractivity (Wildman–Crippen MR) is 99.7 cm³/mol. The summed E-state index contributed by atoms with van der Waals surface area (Å²) >= 11 is 0. The second kappa shape index (κ2) is 9.12. The van der Waals surface area contributed by atoms with Gasteiger partial charge in [0.25, 0.3) is 5.56 Å². The summed E-state index contributed by atoms with van der Waals surface area (Å²) in [6, 6.07) is 4.16. The third-order valence-corrected chi connectivity index (χ3v) is 4.41. The Balaban J connectivity index is 1.91. The molecule has 0 aliphatic carbocycles. The highest BCUT2D eigenvalue weighted by Crippen LogP contribution is 2.28. The maximum absolute atomic E-state index is 12.7. The average Bonchev–Trinajstić information content (AvgIpc) is 3.09. The van der Waals surface area contributed by atoms with E-state index in [9.17, 15) is 38.1 Å². The van der Waals surface area contributed by atoms with Crippen LogP contribution in [0.3, 0.4) is 0 Å². The van der Waals surface area contributed by atoms with Crippen LogP contribution in [0.15, 0.2) is 44.6 Å². The number of rotatable bonds is 8. The maximum Gasteiger partial charge on any atom is 0.573 e. The van der Waals surface area contributed by atoms with Gasteiger partial charge >= 0.3 is 12.1 Å². The van der Waals surface area contributed by atoms with Gasteiger partial charge in [-0.05, 0) is 19.1 Å². The lowest BCUT2D eigenvalue weighted by Crippen LogP contribution is -2.43. The minimum atomic E-state index is -4.90. The van der Waals surface area contributed by atoms with Crippen molar-refractivity contribution in [3.8, 4) is 5.75 Å². The van der Waals surface area contributed by atoms with E-state index in [4.69, 9.17) is 9.26 Å². The molecule has 0 aliphatic heterocycles. The molecule has 0 saturated heterocycles. The lowest BCUT2D eigenvalue weighted by Gasteiger charge is -2.23. The number of aliphatic hydroxyl groups is 3. The number of hydrogen-bond donors (Lipinski definition) is 3. The van der Waals surface area contributed by atoms with Gasteiger partial charge in [0.2, 0.25) is 6.41 Å². The van der Waals surface area contributed by atoms with Crippen LogP contribution in [0.4, 0.5) is 13.2 Å². The zero-order valence-electron chi connectivity index (χ0n) is 16.4. The minimum Gasteiger partial charge on any atom is -0.406 e. The molecule has 3 N–H and O–H groups in total. The van der Waals surface area contributed by atoms with Gasteiger partial charge in [0.1, 0.15) is 17.5 Å². The Morgan fingerprint density at radius 1 is 1.22 bits per heavy atom. The van der Waals surface area contributed by atoms with Crippen LogP contribution < -0.4 is 16.0 Å². The largest absolute Gasteiger partial charge is 0.573 e. The molecule has 0 amide bonds. The number of ether oxygens (including phenoxy) is 2. The molecule has 0 fully saturated rings. The number of aromatic nitrogens is 3. The average molecular weight is 461 g/mol. The van der Waals surface area contributed by atoms with Gasteiger partial charge in [-0.15, -0.1) is 13.2 Å². The Bertz CT molecular complexity index is 1200. The van der Waals surface area contributed by atoms with Crippen molar-refractivity contribution in [1.29, 1.82) is 0 Å². The van der Waals surface area contributed by atoms with Crippen LogP contribution in [-0.4, -0.2) is 54.8 Å². The standard InChI is InChI=1S/C18H18F3N3O8/c1-9(26)14(8-25)30-17(29)23-5-4-15(27)24(16(23)28)7-12-11-3-2-10(31-18(19,20)21)6-13(11)32-22-12/h2-6,9,14,17,25-26,29H,7-8H2,1H3/t9-,14-,17+/m1/s1. The normalized spacial score (nSPS) is 15.0. The highest BCUT2D eigenvalue weighted by atomic mass is 19.4. The highest BCUT2D eigenvalue weighted by Gasteiger charge is 2.31. The van der Waals surface area contributed by atoms with Crippen molar-refractivity contribution >= 4 is 11.0 Å². The van der Waals surface area contributed by atoms with E-state index in [0.29, 0.717) is 9.13 Å². The molecule has 3 atom stereocenters. The van der Waals surface area contributed by atoms with Crippen molar-refractivity contribution < 1.29 is 42.5 Å². The third kappa shape index (κ3) is 5.16. The van der Waals surface area contributed by atoms with E-state index in [2.05, 4.69) is 9.89 Å². The van der Waals surface area contributed by atoms with E-state index >= 15 is 0 Å². The van der Waals surface area contributed by atoms with Crippen molar-refractivity contribution in [2.45, 2.75) is 38.5 Å². The SMILES string of the molecule is C[C@@H](O)[C@@H](CO)O[C@H](O)n1ccc(=O)n(Cc2noc3cc(OC(F)(F)F)ccc23)c1=O. The van der Waals surface area contributed by atoms with Gasteiger partial charge in [0, 0.05) is 23.7 Å². The zero-order valence-corrected chi connectivity index (χ0v) is 16.4. The van der Waals surface area contributed by atoms with Gasteiger partial charge in [-0.25, -0.2) is 4.79 Å². The van der Waals surface area contributed by atoms with Gasteiger partial charge in [0.15, 0.2) is 5.58 Å². The summed E-state index contributed by atoms with van der Waals surface area (Å²) in [6.07, 6.45) is -8.24. The smallest absolute Gasteiger partial charge is 0.406 e. The molecule has 32 heavy (non-hydrogen) atoms. The molecule has 1 aromatic carbocycles. The molecular weight excluding hydrogens is 443 g/mol. The molecule has 174 valence electrons. The van der Waals surface area contributed by atoms with E-state index in [0.717, 1.165) is 24.4 Å². The predicted octanol–water partition coefficient (Wildman–Crippen LogP) is 0.305. The molecule has 14 heteroatoms. The molecule has 11 nitrogen and oxygen atoms in total. The summed E-state index contributed by atoms with van der Waals surface area (Å²) in [7, 11) is 0. The molecule has 0 aliphatic rings. The number of aliphatic hydroxyl groups excluding tert-OH is 3. The number of benzene rings is 1. The summed E-state index contributed by atoms with van der Waals surface area (Å²) in [4.78, 5) is 24.9. The van der Waals surface area contributed by atoms with Crippen LogP contribution in [0.2, 0.25) is 0 Å². The number of alkyl halides is 3. The van der Waals surface area contributed by atoms with Gasteiger partial charge in [0.05, 0.1) is 19.3 Å². The van der Waals surface area contributed by atoms with Crippen molar-refractivity contribution in [2.24, 2.45) is 0 Å². The maximum atomic E-state index is 12.7. The summed E-state index contributed by atoms with van der Waals surface area (Å²) in [5, 5.41) is 32.8. The fourth-order valence-electron chi connectivity index (χ4n) is 2.81. The molecule has 2 heterocycles. The first-order chi connectivity index (χ1) is 15.0. The van der Waals surface area contributed by atoms with E-state index in [1.165, 1.54) is 13.0 Å². The number of halogens is 3. The van der Waals surface area contributed by atoms with Crippen molar-refractivity contribution in [3.05, 3.63) is 57.0 Å².